The second-order valence-electron chi connectivity index (χ2n) is 2.75. The van der Waals surface area contributed by atoms with Crippen molar-refractivity contribution in [2.75, 3.05) is 11.4 Å². The maximum Gasteiger partial charge on any atom is 0.134 e. The molecule has 1 aliphatic rings. The zero-order valence-electron chi connectivity index (χ0n) is 6.37. The van der Waals surface area contributed by atoms with Crippen LogP contribution in [0, 0.1) is 11.3 Å². The minimum absolute atomic E-state index is 0.0323. The predicted molar refractivity (Wildman–Crippen MR) is 48.2 cm³/mol. The van der Waals surface area contributed by atoms with Crippen LogP contribution in [0.5, 0.6) is 0 Å². The topological polar surface area (TPSA) is 26.8 Å². The Bertz CT molecular complexity index is 343. The number of hydrogen-bond donors (Lipinski definition) is 0. The van der Waals surface area contributed by atoms with Crippen molar-refractivity contribution in [2.45, 2.75) is 6.04 Å². The maximum absolute atomic E-state index is 8.59. The van der Waals surface area contributed by atoms with Crippen LogP contribution in [0.1, 0.15) is 0 Å². The molecular weight excluding hydrogens is 172 g/mol. The zero-order chi connectivity index (χ0) is 8.55. The SMILES string of the molecule is N#C[C@@H]1CN1c1ccccc1Cl. The van der Waals surface area contributed by atoms with E-state index in [1.807, 2.05) is 29.2 Å². The lowest BCUT2D eigenvalue weighted by molar-refractivity contribution is 1.26. The Kier molecular flexibility index (Phi) is 1.67. The van der Waals surface area contributed by atoms with E-state index in [1.165, 1.54) is 0 Å². The first-order chi connectivity index (χ1) is 5.83. The number of anilines is 1. The molecule has 1 saturated heterocycles. The van der Waals surface area contributed by atoms with Gasteiger partial charge in [-0.1, -0.05) is 23.7 Å². The molecule has 12 heavy (non-hydrogen) atoms. The maximum atomic E-state index is 8.59. The van der Waals surface area contributed by atoms with E-state index in [-0.39, 0.29) is 6.04 Å². The van der Waals surface area contributed by atoms with Crippen LogP contribution in [-0.2, 0) is 0 Å². The first-order valence-corrected chi connectivity index (χ1v) is 4.11. The zero-order valence-corrected chi connectivity index (χ0v) is 7.12. The molecule has 0 unspecified atom stereocenters. The van der Waals surface area contributed by atoms with Gasteiger partial charge < -0.3 is 4.90 Å². The third kappa shape index (κ3) is 1.13. The Morgan fingerprint density at radius 3 is 2.83 bits per heavy atom. The predicted octanol–water partition coefficient (Wildman–Crippen LogP) is 2.05. The Labute approximate surface area is 76.0 Å². The number of halogens is 1. The second-order valence-corrected chi connectivity index (χ2v) is 3.16. The summed E-state index contributed by atoms with van der Waals surface area (Å²) in [6.45, 7) is 0.806. The van der Waals surface area contributed by atoms with Crippen molar-refractivity contribution in [3.8, 4) is 6.07 Å². The molecule has 0 spiro atoms. The highest BCUT2D eigenvalue weighted by molar-refractivity contribution is 6.33. The molecule has 2 rings (SSSR count). The van der Waals surface area contributed by atoms with Gasteiger partial charge in [-0.2, -0.15) is 5.26 Å². The van der Waals surface area contributed by atoms with E-state index in [4.69, 9.17) is 16.9 Å². The van der Waals surface area contributed by atoms with Gasteiger partial charge in [0.15, 0.2) is 0 Å². The molecule has 0 saturated carbocycles. The van der Waals surface area contributed by atoms with E-state index < -0.39 is 0 Å². The van der Waals surface area contributed by atoms with E-state index in [1.54, 1.807) is 0 Å². The molecule has 60 valence electrons. The molecular formula is C9H7ClN2. The van der Waals surface area contributed by atoms with Crippen LogP contribution < -0.4 is 4.90 Å². The number of rotatable bonds is 1. The lowest BCUT2D eigenvalue weighted by Gasteiger charge is -2.03. The average molecular weight is 179 g/mol. The molecule has 2 nitrogen and oxygen atoms in total. The van der Waals surface area contributed by atoms with Crippen LogP contribution in [0.25, 0.3) is 0 Å². The van der Waals surface area contributed by atoms with Gasteiger partial charge in [0.25, 0.3) is 0 Å². The van der Waals surface area contributed by atoms with Crippen molar-refractivity contribution in [1.29, 1.82) is 5.26 Å². The third-order valence-electron chi connectivity index (χ3n) is 1.92. The van der Waals surface area contributed by atoms with E-state index in [9.17, 15) is 0 Å². The molecule has 3 heteroatoms. The van der Waals surface area contributed by atoms with E-state index in [2.05, 4.69) is 6.07 Å². The molecule has 0 bridgehead atoms. The molecule has 0 aromatic heterocycles. The van der Waals surface area contributed by atoms with E-state index >= 15 is 0 Å². The standard InChI is InChI=1S/C9H7ClN2/c10-8-3-1-2-4-9(8)12-6-7(12)5-11/h1-4,7H,6H2/t7-,12?/m1/s1. The Morgan fingerprint density at radius 2 is 2.25 bits per heavy atom. The number of hydrogen-bond acceptors (Lipinski definition) is 2. The first kappa shape index (κ1) is 7.45. The molecule has 1 heterocycles. The van der Waals surface area contributed by atoms with Gasteiger partial charge in [0.05, 0.1) is 23.3 Å². The van der Waals surface area contributed by atoms with Gasteiger partial charge >= 0.3 is 0 Å². The summed E-state index contributed by atoms with van der Waals surface area (Å²) in [6.07, 6.45) is 0. The fourth-order valence-electron chi connectivity index (χ4n) is 1.20. The fraction of sp³-hybridized carbons (Fsp3) is 0.222. The number of para-hydroxylation sites is 1. The molecule has 0 radical (unpaired) electrons. The first-order valence-electron chi connectivity index (χ1n) is 3.73. The van der Waals surface area contributed by atoms with Crippen molar-refractivity contribution < 1.29 is 0 Å². The van der Waals surface area contributed by atoms with Gasteiger partial charge in [0, 0.05) is 0 Å². The normalized spacial score (nSPS) is 20.3. The smallest absolute Gasteiger partial charge is 0.134 e. The van der Waals surface area contributed by atoms with Crippen LogP contribution in [0.4, 0.5) is 5.69 Å². The van der Waals surface area contributed by atoms with Crippen LogP contribution in [0.2, 0.25) is 5.02 Å². The fourth-order valence-corrected chi connectivity index (χ4v) is 1.44. The van der Waals surface area contributed by atoms with Gasteiger partial charge in [0.2, 0.25) is 0 Å². The molecule has 0 aliphatic carbocycles. The summed E-state index contributed by atoms with van der Waals surface area (Å²) in [7, 11) is 0. The molecule has 1 atom stereocenters. The van der Waals surface area contributed by atoms with Crippen LogP contribution in [0.15, 0.2) is 24.3 Å². The van der Waals surface area contributed by atoms with Crippen molar-refractivity contribution in [3.05, 3.63) is 29.3 Å². The summed E-state index contributed by atoms with van der Waals surface area (Å²) in [4.78, 5) is 1.97. The van der Waals surface area contributed by atoms with Crippen LogP contribution in [-0.4, -0.2) is 12.6 Å². The van der Waals surface area contributed by atoms with Gasteiger partial charge in [0.1, 0.15) is 6.04 Å². The average Bonchev–Trinajstić information content (AvgIpc) is 2.84. The molecule has 0 N–H and O–H groups in total. The van der Waals surface area contributed by atoms with Gasteiger partial charge in [-0.3, -0.25) is 0 Å². The van der Waals surface area contributed by atoms with Crippen molar-refractivity contribution in [2.24, 2.45) is 0 Å². The third-order valence-corrected chi connectivity index (χ3v) is 2.24. The van der Waals surface area contributed by atoms with Crippen LogP contribution in [0.3, 0.4) is 0 Å². The highest BCUT2D eigenvalue weighted by Crippen LogP contribution is 2.33. The van der Waals surface area contributed by atoms with E-state index in [0.717, 1.165) is 17.3 Å². The Morgan fingerprint density at radius 1 is 1.50 bits per heavy atom. The molecule has 1 fully saturated rings. The van der Waals surface area contributed by atoms with Gasteiger partial charge in [-0.25, -0.2) is 0 Å². The summed E-state index contributed by atoms with van der Waals surface area (Å²) in [5.41, 5.74) is 0.964. The highest BCUT2D eigenvalue weighted by atomic mass is 35.5. The molecule has 0 amide bonds. The van der Waals surface area contributed by atoms with Crippen molar-refractivity contribution >= 4 is 17.3 Å². The molecule has 1 aromatic rings. The Balaban J connectivity index is 2.26. The van der Waals surface area contributed by atoms with Crippen molar-refractivity contribution in [1.82, 2.24) is 0 Å². The molecule has 1 aromatic carbocycles. The number of nitrogens with zero attached hydrogens (tertiary/aromatic N) is 2. The summed E-state index contributed by atoms with van der Waals surface area (Å²) >= 11 is 5.93. The summed E-state index contributed by atoms with van der Waals surface area (Å²) < 4.78 is 0. The number of nitriles is 1. The summed E-state index contributed by atoms with van der Waals surface area (Å²) in [5, 5.41) is 9.31. The molecule has 1 aliphatic heterocycles. The van der Waals surface area contributed by atoms with Crippen molar-refractivity contribution in [3.63, 3.8) is 0 Å². The highest BCUT2D eigenvalue weighted by Gasteiger charge is 2.34. The lowest BCUT2D eigenvalue weighted by Crippen LogP contribution is -1.96. The van der Waals surface area contributed by atoms with E-state index in [0.29, 0.717) is 0 Å². The minimum atomic E-state index is 0.0323. The Hall–Kier alpha value is -1.20. The van der Waals surface area contributed by atoms with Gasteiger partial charge in [-0.05, 0) is 12.1 Å². The monoisotopic (exact) mass is 178 g/mol. The minimum Gasteiger partial charge on any atom is -0.350 e. The summed E-state index contributed by atoms with van der Waals surface area (Å²) in [6, 6.07) is 9.79. The largest absolute Gasteiger partial charge is 0.350 e. The summed E-state index contributed by atoms with van der Waals surface area (Å²) in [5.74, 6) is 0. The number of benzene rings is 1. The quantitative estimate of drug-likeness (QED) is 0.616. The second kappa shape index (κ2) is 2.69. The van der Waals surface area contributed by atoms with Crippen LogP contribution >= 0.6 is 11.6 Å². The lowest BCUT2D eigenvalue weighted by atomic mass is 10.3. The van der Waals surface area contributed by atoms with Gasteiger partial charge in [-0.15, -0.1) is 0 Å².